The molecular formula is C11H21N3OS. The zero-order valence-corrected chi connectivity index (χ0v) is 11.5. The molecule has 0 fully saturated rings. The van der Waals surface area contributed by atoms with Crippen LogP contribution in [0.4, 0.5) is 5.13 Å². The molecule has 0 saturated heterocycles. The van der Waals surface area contributed by atoms with Crippen molar-refractivity contribution in [2.75, 3.05) is 11.9 Å². The van der Waals surface area contributed by atoms with E-state index in [1.165, 1.54) is 11.5 Å². The molecule has 0 aromatic carbocycles. The topological polar surface area (TPSA) is 58.0 Å². The fraction of sp³-hybridized carbons (Fsp3) is 0.818. The van der Waals surface area contributed by atoms with Crippen molar-refractivity contribution in [3.63, 3.8) is 0 Å². The van der Waals surface area contributed by atoms with Crippen LogP contribution in [0.2, 0.25) is 0 Å². The van der Waals surface area contributed by atoms with E-state index in [0.29, 0.717) is 0 Å². The van der Waals surface area contributed by atoms with Crippen LogP contribution in [0.15, 0.2) is 0 Å². The van der Waals surface area contributed by atoms with E-state index < -0.39 is 0 Å². The molecular weight excluding hydrogens is 222 g/mol. The number of anilines is 1. The highest BCUT2D eigenvalue weighted by molar-refractivity contribution is 7.09. The van der Waals surface area contributed by atoms with Crippen LogP contribution in [0, 0.1) is 0 Å². The first-order valence-corrected chi connectivity index (χ1v) is 6.31. The van der Waals surface area contributed by atoms with Gasteiger partial charge in [0.25, 0.3) is 0 Å². The molecule has 0 amide bonds. The van der Waals surface area contributed by atoms with Gasteiger partial charge in [-0.25, -0.2) is 4.98 Å². The van der Waals surface area contributed by atoms with Crippen LogP contribution < -0.4 is 5.32 Å². The van der Waals surface area contributed by atoms with Gasteiger partial charge in [0, 0.05) is 16.9 Å². The van der Waals surface area contributed by atoms with Gasteiger partial charge in [-0.1, -0.05) is 27.7 Å². The third-order valence-corrected chi connectivity index (χ3v) is 3.27. The summed E-state index contributed by atoms with van der Waals surface area (Å²) in [6.07, 6.45) is 0.841. The number of rotatable bonds is 4. The van der Waals surface area contributed by atoms with Gasteiger partial charge in [-0.3, -0.25) is 0 Å². The third kappa shape index (κ3) is 3.15. The average molecular weight is 243 g/mol. The summed E-state index contributed by atoms with van der Waals surface area (Å²) >= 11 is 1.35. The second-order valence-electron chi connectivity index (χ2n) is 5.37. The Morgan fingerprint density at radius 3 is 2.31 bits per heavy atom. The van der Waals surface area contributed by atoms with Crippen LogP contribution in [0.25, 0.3) is 0 Å². The third-order valence-electron chi connectivity index (χ3n) is 2.63. The van der Waals surface area contributed by atoms with Gasteiger partial charge in [0.2, 0.25) is 5.13 Å². The van der Waals surface area contributed by atoms with Crippen LogP contribution in [0.3, 0.4) is 0 Å². The highest BCUT2D eigenvalue weighted by Crippen LogP contribution is 2.25. The predicted molar refractivity (Wildman–Crippen MR) is 68.0 cm³/mol. The first kappa shape index (κ1) is 13.4. The highest BCUT2D eigenvalue weighted by Gasteiger charge is 2.24. The van der Waals surface area contributed by atoms with Gasteiger partial charge in [-0.05, 0) is 13.3 Å². The van der Waals surface area contributed by atoms with Gasteiger partial charge in [-0.2, -0.15) is 4.37 Å². The first-order chi connectivity index (χ1) is 7.30. The van der Waals surface area contributed by atoms with E-state index in [9.17, 15) is 5.11 Å². The van der Waals surface area contributed by atoms with Crippen molar-refractivity contribution in [2.24, 2.45) is 0 Å². The molecule has 0 spiro atoms. The number of nitrogens with zero attached hydrogens (tertiary/aromatic N) is 2. The number of aliphatic hydroxyl groups is 1. The summed E-state index contributed by atoms with van der Waals surface area (Å²) in [6, 6.07) is 0. The molecule has 5 heteroatoms. The summed E-state index contributed by atoms with van der Waals surface area (Å²) in [5, 5.41) is 13.3. The molecule has 0 aliphatic heterocycles. The Kier molecular flexibility index (Phi) is 3.91. The molecule has 16 heavy (non-hydrogen) atoms. The standard InChI is InChI=1S/C11H21N3OS/c1-6-11(5,7-15)13-9-12-8(14-16-9)10(2,3)4/h15H,6-7H2,1-5H3,(H,12,13,14). The maximum Gasteiger partial charge on any atom is 0.203 e. The van der Waals surface area contributed by atoms with E-state index in [4.69, 9.17) is 0 Å². The van der Waals surface area contributed by atoms with Gasteiger partial charge in [0.1, 0.15) is 5.82 Å². The lowest BCUT2D eigenvalue weighted by Gasteiger charge is -2.26. The minimum absolute atomic E-state index is 0.0295. The highest BCUT2D eigenvalue weighted by atomic mass is 32.1. The Balaban J connectivity index is 2.80. The van der Waals surface area contributed by atoms with Crippen molar-refractivity contribution < 1.29 is 5.11 Å². The summed E-state index contributed by atoms with van der Waals surface area (Å²) in [7, 11) is 0. The lowest BCUT2D eigenvalue weighted by molar-refractivity contribution is 0.219. The molecule has 0 aliphatic rings. The number of hydrogen-bond donors (Lipinski definition) is 2. The predicted octanol–water partition coefficient (Wildman–Crippen LogP) is 2.41. The SMILES string of the molecule is CCC(C)(CO)Nc1nc(C(C)(C)C)ns1. The molecule has 92 valence electrons. The Morgan fingerprint density at radius 2 is 1.94 bits per heavy atom. The fourth-order valence-electron chi connectivity index (χ4n) is 1.08. The van der Waals surface area contributed by atoms with Crippen molar-refractivity contribution in [2.45, 2.75) is 52.0 Å². The molecule has 0 radical (unpaired) electrons. The van der Waals surface area contributed by atoms with Gasteiger partial charge in [0.15, 0.2) is 0 Å². The normalized spacial score (nSPS) is 15.9. The number of hydrogen-bond acceptors (Lipinski definition) is 5. The van der Waals surface area contributed by atoms with Gasteiger partial charge in [-0.15, -0.1) is 0 Å². The lowest BCUT2D eigenvalue weighted by atomic mass is 9.96. The quantitative estimate of drug-likeness (QED) is 0.852. The Labute approximate surface area is 101 Å². The minimum Gasteiger partial charge on any atom is -0.394 e. The second-order valence-corrected chi connectivity index (χ2v) is 6.12. The Morgan fingerprint density at radius 1 is 1.31 bits per heavy atom. The molecule has 1 unspecified atom stereocenters. The van der Waals surface area contributed by atoms with E-state index in [1.807, 2.05) is 13.8 Å². The fourth-order valence-corrected chi connectivity index (χ4v) is 1.98. The van der Waals surface area contributed by atoms with E-state index in [-0.39, 0.29) is 17.6 Å². The van der Waals surface area contributed by atoms with Crippen LogP contribution in [0.5, 0.6) is 0 Å². The van der Waals surface area contributed by atoms with Gasteiger partial charge < -0.3 is 10.4 Å². The summed E-state index contributed by atoms with van der Waals surface area (Å²) in [5.41, 5.74) is -0.340. The summed E-state index contributed by atoms with van der Waals surface area (Å²) in [4.78, 5) is 4.45. The van der Waals surface area contributed by atoms with Gasteiger partial charge in [0.05, 0.1) is 12.1 Å². The Hall–Kier alpha value is -0.680. The van der Waals surface area contributed by atoms with Crippen LogP contribution in [-0.2, 0) is 5.41 Å². The molecule has 1 heterocycles. The summed E-state index contributed by atoms with van der Waals surface area (Å²) in [5.74, 6) is 0.844. The number of aliphatic hydroxyl groups excluding tert-OH is 1. The summed E-state index contributed by atoms with van der Waals surface area (Å²) in [6.45, 7) is 10.4. The lowest BCUT2D eigenvalue weighted by Crippen LogP contribution is -2.37. The maximum atomic E-state index is 9.31. The smallest absolute Gasteiger partial charge is 0.203 e. The monoisotopic (exact) mass is 243 g/mol. The molecule has 0 bridgehead atoms. The first-order valence-electron chi connectivity index (χ1n) is 5.54. The molecule has 2 N–H and O–H groups in total. The van der Waals surface area contributed by atoms with Crippen molar-refractivity contribution in [1.82, 2.24) is 9.36 Å². The largest absolute Gasteiger partial charge is 0.394 e. The van der Waals surface area contributed by atoms with E-state index in [0.717, 1.165) is 17.4 Å². The zero-order chi connectivity index (χ0) is 12.4. The van der Waals surface area contributed by atoms with Gasteiger partial charge >= 0.3 is 0 Å². The Bertz CT molecular complexity index is 339. The van der Waals surface area contributed by atoms with Crippen LogP contribution in [0.1, 0.15) is 46.9 Å². The minimum atomic E-state index is -0.311. The summed E-state index contributed by atoms with van der Waals surface area (Å²) < 4.78 is 4.33. The second kappa shape index (κ2) is 4.67. The molecule has 1 aromatic heterocycles. The van der Waals surface area contributed by atoms with Crippen molar-refractivity contribution in [3.05, 3.63) is 5.82 Å². The number of nitrogens with one attached hydrogen (secondary N) is 1. The van der Waals surface area contributed by atoms with Crippen molar-refractivity contribution >= 4 is 16.7 Å². The van der Waals surface area contributed by atoms with E-state index >= 15 is 0 Å². The maximum absolute atomic E-state index is 9.31. The molecule has 1 rings (SSSR count). The van der Waals surface area contributed by atoms with E-state index in [2.05, 4.69) is 35.4 Å². The molecule has 1 atom stereocenters. The molecule has 1 aromatic rings. The average Bonchev–Trinajstić information content (AvgIpc) is 2.65. The molecule has 0 saturated carbocycles. The molecule has 4 nitrogen and oxygen atoms in total. The number of aromatic nitrogens is 2. The van der Waals surface area contributed by atoms with Crippen molar-refractivity contribution in [3.8, 4) is 0 Å². The van der Waals surface area contributed by atoms with Crippen LogP contribution >= 0.6 is 11.5 Å². The van der Waals surface area contributed by atoms with Crippen molar-refractivity contribution in [1.29, 1.82) is 0 Å². The molecule has 0 aliphatic carbocycles. The van der Waals surface area contributed by atoms with E-state index in [1.54, 1.807) is 0 Å². The van der Waals surface area contributed by atoms with Crippen LogP contribution in [-0.4, -0.2) is 26.6 Å². The zero-order valence-electron chi connectivity index (χ0n) is 10.7.